The number of benzene rings is 1. The van der Waals surface area contributed by atoms with E-state index in [0.717, 1.165) is 10.4 Å². The summed E-state index contributed by atoms with van der Waals surface area (Å²) in [6, 6.07) is 8.68. The van der Waals surface area contributed by atoms with Crippen molar-refractivity contribution in [3.05, 3.63) is 52.0 Å². The van der Waals surface area contributed by atoms with Crippen LogP contribution in [0.15, 0.2) is 35.7 Å². The Hall–Kier alpha value is -1.39. The van der Waals surface area contributed by atoms with E-state index in [9.17, 15) is 4.39 Å². The zero-order valence-corrected chi connectivity index (χ0v) is 10.3. The van der Waals surface area contributed by atoms with Crippen LogP contribution in [0.4, 0.5) is 4.39 Å². The molecule has 0 fully saturated rings. The highest BCUT2D eigenvalue weighted by molar-refractivity contribution is 7.10. The lowest BCUT2D eigenvalue weighted by molar-refractivity contribution is 0.208. The summed E-state index contributed by atoms with van der Waals surface area (Å²) >= 11 is 1.56. The van der Waals surface area contributed by atoms with Gasteiger partial charge in [0.05, 0.1) is 0 Å². The van der Waals surface area contributed by atoms with E-state index in [4.69, 9.17) is 10.5 Å². The first-order chi connectivity index (χ1) is 8.20. The Morgan fingerprint density at radius 2 is 2.24 bits per heavy atom. The summed E-state index contributed by atoms with van der Waals surface area (Å²) in [6.07, 6.45) is -0.286. The highest BCUT2D eigenvalue weighted by Crippen LogP contribution is 2.27. The molecule has 17 heavy (non-hydrogen) atoms. The van der Waals surface area contributed by atoms with E-state index >= 15 is 0 Å². The third kappa shape index (κ3) is 2.84. The SMILES string of the molecule is Cc1ccc(F)c(OC(CN)c2cccs2)c1. The van der Waals surface area contributed by atoms with Gasteiger partial charge in [0, 0.05) is 11.4 Å². The fraction of sp³-hybridized carbons (Fsp3) is 0.231. The van der Waals surface area contributed by atoms with Crippen molar-refractivity contribution in [2.75, 3.05) is 6.54 Å². The normalized spacial score (nSPS) is 12.4. The smallest absolute Gasteiger partial charge is 0.165 e. The summed E-state index contributed by atoms with van der Waals surface area (Å²) in [7, 11) is 0. The molecule has 1 aromatic heterocycles. The third-order valence-corrected chi connectivity index (χ3v) is 3.39. The molecule has 0 aliphatic rings. The zero-order valence-electron chi connectivity index (χ0n) is 9.52. The predicted molar refractivity (Wildman–Crippen MR) is 67.9 cm³/mol. The van der Waals surface area contributed by atoms with Crippen LogP contribution >= 0.6 is 11.3 Å². The molecule has 90 valence electrons. The van der Waals surface area contributed by atoms with Gasteiger partial charge in [0.1, 0.15) is 6.10 Å². The maximum absolute atomic E-state index is 13.5. The third-order valence-electron chi connectivity index (χ3n) is 2.43. The lowest BCUT2D eigenvalue weighted by Crippen LogP contribution is -2.17. The van der Waals surface area contributed by atoms with Crippen molar-refractivity contribution in [2.45, 2.75) is 13.0 Å². The topological polar surface area (TPSA) is 35.2 Å². The number of thiophene rings is 1. The van der Waals surface area contributed by atoms with E-state index in [0.29, 0.717) is 6.54 Å². The molecule has 0 radical (unpaired) electrons. The van der Waals surface area contributed by atoms with Gasteiger partial charge in [-0.2, -0.15) is 0 Å². The van der Waals surface area contributed by atoms with Crippen LogP contribution in [0.2, 0.25) is 0 Å². The fourth-order valence-electron chi connectivity index (χ4n) is 1.55. The van der Waals surface area contributed by atoms with Crippen LogP contribution in [-0.2, 0) is 0 Å². The van der Waals surface area contributed by atoms with Crippen LogP contribution in [0.25, 0.3) is 0 Å². The Morgan fingerprint density at radius 1 is 1.41 bits per heavy atom. The summed E-state index contributed by atoms with van der Waals surface area (Å²) in [5, 5.41) is 1.95. The van der Waals surface area contributed by atoms with Crippen LogP contribution in [-0.4, -0.2) is 6.54 Å². The van der Waals surface area contributed by atoms with E-state index in [1.54, 1.807) is 23.5 Å². The standard InChI is InChI=1S/C13H14FNOS/c1-9-4-5-10(14)11(7-9)16-12(8-15)13-3-2-6-17-13/h2-7,12H,8,15H2,1H3. The minimum absolute atomic E-state index is 0.258. The summed E-state index contributed by atoms with van der Waals surface area (Å²) in [4.78, 5) is 1.01. The molecular weight excluding hydrogens is 237 g/mol. The molecule has 0 bridgehead atoms. The summed E-state index contributed by atoms with van der Waals surface area (Å²) in [6.45, 7) is 2.22. The van der Waals surface area contributed by atoms with E-state index < -0.39 is 0 Å². The molecule has 0 aliphatic heterocycles. The van der Waals surface area contributed by atoms with Gasteiger partial charge in [-0.3, -0.25) is 0 Å². The number of ether oxygens (including phenoxy) is 1. The highest BCUT2D eigenvalue weighted by Gasteiger charge is 2.14. The summed E-state index contributed by atoms with van der Waals surface area (Å²) in [5.74, 6) is -0.0977. The number of hydrogen-bond acceptors (Lipinski definition) is 3. The van der Waals surface area contributed by atoms with Gasteiger partial charge in [-0.05, 0) is 36.1 Å². The monoisotopic (exact) mass is 251 g/mol. The Morgan fingerprint density at radius 3 is 2.88 bits per heavy atom. The van der Waals surface area contributed by atoms with Crippen molar-refractivity contribution in [3.8, 4) is 5.75 Å². The Kier molecular flexibility index (Phi) is 3.76. The molecule has 2 N–H and O–H groups in total. The van der Waals surface area contributed by atoms with Crippen LogP contribution in [0.1, 0.15) is 16.5 Å². The molecule has 2 aromatic rings. The minimum atomic E-state index is -0.356. The van der Waals surface area contributed by atoms with E-state index in [-0.39, 0.29) is 17.7 Å². The first kappa shape index (κ1) is 12.1. The molecule has 1 unspecified atom stereocenters. The summed E-state index contributed by atoms with van der Waals surface area (Å²) in [5.41, 5.74) is 6.62. The largest absolute Gasteiger partial charge is 0.480 e. The van der Waals surface area contributed by atoms with Crippen molar-refractivity contribution < 1.29 is 9.13 Å². The first-order valence-corrected chi connectivity index (χ1v) is 6.25. The zero-order chi connectivity index (χ0) is 12.3. The van der Waals surface area contributed by atoms with Gasteiger partial charge in [-0.15, -0.1) is 11.3 Å². The number of nitrogens with two attached hydrogens (primary N) is 1. The molecule has 2 rings (SSSR count). The van der Waals surface area contributed by atoms with Gasteiger partial charge in [0.25, 0.3) is 0 Å². The van der Waals surface area contributed by atoms with Crippen molar-refractivity contribution in [3.63, 3.8) is 0 Å². The van der Waals surface area contributed by atoms with Crippen molar-refractivity contribution in [1.29, 1.82) is 0 Å². The quantitative estimate of drug-likeness (QED) is 0.905. The van der Waals surface area contributed by atoms with Crippen LogP contribution in [0.3, 0.4) is 0 Å². The Bertz CT molecular complexity index is 484. The highest BCUT2D eigenvalue weighted by atomic mass is 32.1. The second kappa shape index (κ2) is 5.29. The number of halogens is 1. The van der Waals surface area contributed by atoms with E-state index in [1.165, 1.54) is 6.07 Å². The molecule has 1 heterocycles. The second-order valence-electron chi connectivity index (χ2n) is 3.79. The molecule has 0 saturated carbocycles. The molecule has 0 aliphatic carbocycles. The van der Waals surface area contributed by atoms with Crippen molar-refractivity contribution in [2.24, 2.45) is 5.73 Å². The molecule has 0 amide bonds. The maximum Gasteiger partial charge on any atom is 0.165 e. The summed E-state index contributed by atoms with van der Waals surface area (Å²) < 4.78 is 19.2. The predicted octanol–water partition coefficient (Wildman–Crippen LogP) is 3.27. The van der Waals surface area contributed by atoms with Gasteiger partial charge in [0.15, 0.2) is 11.6 Å². The Labute approximate surface area is 104 Å². The molecule has 2 nitrogen and oxygen atoms in total. The van der Waals surface area contributed by atoms with Gasteiger partial charge in [0.2, 0.25) is 0 Å². The van der Waals surface area contributed by atoms with Gasteiger partial charge >= 0.3 is 0 Å². The first-order valence-electron chi connectivity index (χ1n) is 5.37. The molecular formula is C13H14FNOS. The van der Waals surface area contributed by atoms with Crippen molar-refractivity contribution in [1.82, 2.24) is 0 Å². The minimum Gasteiger partial charge on any atom is -0.480 e. The van der Waals surface area contributed by atoms with Gasteiger partial charge in [-0.1, -0.05) is 12.1 Å². The van der Waals surface area contributed by atoms with Crippen molar-refractivity contribution >= 4 is 11.3 Å². The molecule has 0 saturated heterocycles. The molecule has 0 spiro atoms. The molecule has 1 atom stereocenters. The van der Waals surface area contributed by atoms with Crippen LogP contribution in [0, 0.1) is 12.7 Å². The van der Waals surface area contributed by atoms with Gasteiger partial charge in [-0.25, -0.2) is 4.39 Å². The number of aryl methyl sites for hydroxylation is 1. The number of hydrogen-bond donors (Lipinski definition) is 1. The molecule has 4 heteroatoms. The second-order valence-corrected chi connectivity index (χ2v) is 4.77. The lowest BCUT2D eigenvalue weighted by Gasteiger charge is -2.16. The Balaban J connectivity index is 2.21. The fourth-order valence-corrected chi connectivity index (χ4v) is 2.32. The molecule has 1 aromatic carbocycles. The van der Waals surface area contributed by atoms with E-state index in [2.05, 4.69) is 0 Å². The lowest BCUT2D eigenvalue weighted by atomic mass is 10.2. The number of rotatable bonds is 4. The van der Waals surface area contributed by atoms with Gasteiger partial charge < -0.3 is 10.5 Å². The average Bonchev–Trinajstić information content (AvgIpc) is 2.84. The van der Waals surface area contributed by atoms with E-state index in [1.807, 2.05) is 24.4 Å². The maximum atomic E-state index is 13.5. The van der Waals surface area contributed by atoms with Crippen LogP contribution in [0.5, 0.6) is 5.75 Å². The van der Waals surface area contributed by atoms with Crippen LogP contribution < -0.4 is 10.5 Å². The average molecular weight is 251 g/mol.